The second-order valence-electron chi connectivity index (χ2n) is 6.38. The molecule has 1 aliphatic heterocycles. The molecular weight excluding hydrogens is 397 g/mol. The lowest BCUT2D eigenvalue weighted by Gasteiger charge is -2.13. The minimum absolute atomic E-state index is 0. The maximum Gasteiger partial charge on any atom is 0.226 e. The molecule has 0 amide bonds. The Hall–Kier alpha value is -2.15. The number of hydrogen-bond donors (Lipinski definition) is 2. The van der Waals surface area contributed by atoms with Gasteiger partial charge in [-0.25, -0.2) is 15.0 Å². The van der Waals surface area contributed by atoms with Crippen molar-refractivity contribution in [3.05, 3.63) is 59.4 Å². The van der Waals surface area contributed by atoms with Crippen molar-refractivity contribution < 1.29 is 4.42 Å². The fraction of sp³-hybridized carbons (Fsp3) is 0.350. The van der Waals surface area contributed by atoms with Crippen LogP contribution in [0.15, 0.2) is 41.0 Å². The van der Waals surface area contributed by atoms with Gasteiger partial charge in [0, 0.05) is 30.5 Å². The van der Waals surface area contributed by atoms with Crippen molar-refractivity contribution in [2.24, 2.45) is 0 Å². The number of rotatable bonds is 5. The summed E-state index contributed by atoms with van der Waals surface area (Å²) in [7, 11) is 0. The summed E-state index contributed by atoms with van der Waals surface area (Å²) in [5, 5.41) is 6.89. The molecule has 0 unspecified atom stereocenters. The van der Waals surface area contributed by atoms with Crippen molar-refractivity contribution in [3.63, 3.8) is 0 Å². The highest BCUT2D eigenvalue weighted by Crippen LogP contribution is 2.22. The topological polar surface area (TPSA) is 75.9 Å². The number of aromatic nitrogens is 3. The van der Waals surface area contributed by atoms with Crippen LogP contribution in [0.5, 0.6) is 0 Å². The van der Waals surface area contributed by atoms with Gasteiger partial charge in [-0.15, -0.1) is 24.8 Å². The van der Waals surface area contributed by atoms with Gasteiger partial charge in [0.1, 0.15) is 17.9 Å². The van der Waals surface area contributed by atoms with E-state index in [0.717, 1.165) is 60.9 Å². The molecule has 1 aliphatic rings. The van der Waals surface area contributed by atoms with E-state index in [9.17, 15) is 0 Å². The summed E-state index contributed by atoms with van der Waals surface area (Å²) in [6.07, 6.45) is 4.42. The maximum atomic E-state index is 5.62. The van der Waals surface area contributed by atoms with Crippen LogP contribution in [0.1, 0.15) is 29.7 Å². The molecule has 6 nitrogen and oxygen atoms in total. The smallest absolute Gasteiger partial charge is 0.226 e. The van der Waals surface area contributed by atoms with E-state index < -0.39 is 0 Å². The van der Waals surface area contributed by atoms with Gasteiger partial charge in [0.05, 0.1) is 17.9 Å². The Labute approximate surface area is 177 Å². The van der Waals surface area contributed by atoms with E-state index in [2.05, 4.69) is 22.5 Å². The SMILES string of the molecule is CCc1nc2c(c(NCc3coc(-c4ccccc4)n3)n1)CCNCC2.Cl.Cl. The molecule has 1 aromatic carbocycles. The normalized spacial score (nSPS) is 12.9. The van der Waals surface area contributed by atoms with E-state index in [4.69, 9.17) is 14.4 Å². The van der Waals surface area contributed by atoms with Crippen molar-refractivity contribution >= 4 is 30.6 Å². The Bertz CT molecular complexity index is 886. The van der Waals surface area contributed by atoms with Gasteiger partial charge < -0.3 is 15.1 Å². The van der Waals surface area contributed by atoms with Crippen molar-refractivity contribution in [2.45, 2.75) is 32.7 Å². The van der Waals surface area contributed by atoms with Gasteiger partial charge in [-0.1, -0.05) is 25.1 Å². The molecule has 0 radical (unpaired) electrons. The van der Waals surface area contributed by atoms with Crippen molar-refractivity contribution in [3.8, 4) is 11.5 Å². The fourth-order valence-corrected chi connectivity index (χ4v) is 3.18. The molecule has 4 rings (SSSR count). The highest BCUT2D eigenvalue weighted by atomic mass is 35.5. The molecule has 2 N–H and O–H groups in total. The third-order valence-electron chi connectivity index (χ3n) is 4.56. The first-order chi connectivity index (χ1) is 12.8. The van der Waals surface area contributed by atoms with Crippen LogP contribution >= 0.6 is 24.8 Å². The summed E-state index contributed by atoms with van der Waals surface area (Å²) < 4.78 is 5.62. The average Bonchev–Trinajstić information content (AvgIpc) is 3.04. The lowest BCUT2D eigenvalue weighted by Crippen LogP contribution is -2.16. The molecule has 3 aromatic rings. The van der Waals surface area contributed by atoms with E-state index in [1.807, 2.05) is 30.3 Å². The number of aryl methyl sites for hydroxylation is 1. The van der Waals surface area contributed by atoms with Crippen LogP contribution in [0, 0.1) is 0 Å². The highest BCUT2D eigenvalue weighted by molar-refractivity contribution is 5.85. The molecule has 3 heterocycles. The molecule has 8 heteroatoms. The molecule has 0 atom stereocenters. The lowest BCUT2D eigenvalue weighted by molar-refractivity contribution is 0.573. The number of oxazole rings is 1. The minimum atomic E-state index is 0. The van der Waals surface area contributed by atoms with Crippen molar-refractivity contribution in [1.82, 2.24) is 20.3 Å². The predicted molar refractivity (Wildman–Crippen MR) is 115 cm³/mol. The largest absolute Gasteiger partial charge is 0.444 e. The standard InChI is InChI=1S/C20H23N5O.2ClH/c1-2-18-24-17-9-11-21-10-8-16(17)19(25-18)22-12-15-13-26-20(23-15)14-6-4-3-5-7-14;;/h3-7,13,21H,2,8-12H2,1H3,(H,22,24,25);2*1H. The predicted octanol–water partition coefficient (Wildman–Crippen LogP) is 3.84. The highest BCUT2D eigenvalue weighted by Gasteiger charge is 2.16. The Kier molecular flexibility index (Phi) is 8.23. The van der Waals surface area contributed by atoms with Gasteiger partial charge in [0.2, 0.25) is 5.89 Å². The zero-order valence-electron chi connectivity index (χ0n) is 15.8. The van der Waals surface area contributed by atoms with E-state index in [0.29, 0.717) is 12.4 Å². The summed E-state index contributed by atoms with van der Waals surface area (Å²) in [5.41, 5.74) is 4.23. The van der Waals surface area contributed by atoms with Crippen LogP contribution in [0.25, 0.3) is 11.5 Å². The molecule has 0 bridgehead atoms. The summed E-state index contributed by atoms with van der Waals surface area (Å²) in [6.45, 7) is 4.59. The van der Waals surface area contributed by atoms with Crippen LogP contribution < -0.4 is 10.6 Å². The van der Waals surface area contributed by atoms with Crippen LogP contribution in [-0.2, 0) is 25.8 Å². The lowest BCUT2D eigenvalue weighted by atomic mass is 10.1. The van der Waals surface area contributed by atoms with E-state index in [1.165, 1.54) is 5.56 Å². The molecule has 2 aromatic heterocycles. The van der Waals surface area contributed by atoms with Gasteiger partial charge in [-0.2, -0.15) is 0 Å². The molecule has 28 heavy (non-hydrogen) atoms. The summed E-state index contributed by atoms with van der Waals surface area (Å²) in [6, 6.07) is 9.93. The average molecular weight is 422 g/mol. The first-order valence-electron chi connectivity index (χ1n) is 9.16. The van der Waals surface area contributed by atoms with Gasteiger partial charge in [0.15, 0.2) is 0 Å². The number of anilines is 1. The summed E-state index contributed by atoms with van der Waals surface area (Å²) in [5.74, 6) is 2.46. The van der Waals surface area contributed by atoms with Gasteiger partial charge >= 0.3 is 0 Å². The van der Waals surface area contributed by atoms with Crippen LogP contribution in [0.3, 0.4) is 0 Å². The molecular formula is C20H25Cl2N5O. The number of hydrogen-bond acceptors (Lipinski definition) is 6. The molecule has 0 aliphatic carbocycles. The van der Waals surface area contributed by atoms with Gasteiger partial charge in [0.25, 0.3) is 0 Å². The van der Waals surface area contributed by atoms with Crippen LogP contribution in [0.2, 0.25) is 0 Å². The second-order valence-corrected chi connectivity index (χ2v) is 6.38. The third-order valence-corrected chi connectivity index (χ3v) is 4.56. The van der Waals surface area contributed by atoms with Crippen LogP contribution in [-0.4, -0.2) is 28.0 Å². The van der Waals surface area contributed by atoms with Gasteiger partial charge in [-0.3, -0.25) is 0 Å². The summed E-state index contributed by atoms with van der Waals surface area (Å²) >= 11 is 0. The first kappa shape index (κ1) is 22.1. The van der Waals surface area contributed by atoms with Crippen molar-refractivity contribution in [2.75, 3.05) is 18.4 Å². The maximum absolute atomic E-state index is 5.62. The number of halogens is 2. The van der Waals surface area contributed by atoms with Crippen molar-refractivity contribution in [1.29, 1.82) is 0 Å². The van der Waals surface area contributed by atoms with Crippen LogP contribution in [0.4, 0.5) is 5.82 Å². The minimum Gasteiger partial charge on any atom is -0.444 e. The van der Waals surface area contributed by atoms with E-state index >= 15 is 0 Å². The fourth-order valence-electron chi connectivity index (χ4n) is 3.18. The monoisotopic (exact) mass is 421 g/mol. The molecule has 0 saturated carbocycles. The Morgan fingerprint density at radius 1 is 1.04 bits per heavy atom. The number of fused-ring (bicyclic) bond motifs is 1. The summed E-state index contributed by atoms with van der Waals surface area (Å²) in [4.78, 5) is 14.0. The Morgan fingerprint density at radius 2 is 1.82 bits per heavy atom. The quantitative estimate of drug-likeness (QED) is 0.651. The zero-order chi connectivity index (χ0) is 17.8. The van der Waals surface area contributed by atoms with Gasteiger partial charge in [-0.05, 0) is 25.1 Å². The number of nitrogens with zero attached hydrogens (tertiary/aromatic N) is 3. The molecule has 0 fully saturated rings. The molecule has 0 saturated heterocycles. The Morgan fingerprint density at radius 3 is 2.61 bits per heavy atom. The Balaban J connectivity index is 0.00000140. The second kappa shape index (κ2) is 10.4. The molecule has 150 valence electrons. The number of nitrogens with one attached hydrogen (secondary N) is 2. The van der Waals surface area contributed by atoms with E-state index in [1.54, 1.807) is 6.26 Å². The third kappa shape index (κ3) is 5.01. The molecule has 0 spiro atoms. The zero-order valence-corrected chi connectivity index (χ0v) is 17.4. The first-order valence-corrected chi connectivity index (χ1v) is 9.16. The van der Waals surface area contributed by atoms with E-state index in [-0.39, 0.29) is 24.8 Å². The number of benzene rings is 1.